The SMILES string of the molecule is Fc1cccc(-c2nc(Cl)c3c(Cl)cccc3n2)c1. The summed E-state index contributed by atoms with van der Waals surface area (Å²) in [5, 5.41) is 1.36. The molecule has 0 saturated carbocycles. The van der Waals surface area contributed by atoms with Crippen LogP contribution in [0.15, 0.2) is 42.5 Å². The lowest BCUT2D eigenvalue weighted by Gasteiger charge is -2.05. The van der Waals surface area contributed by atoms with Gasteiger partial charge in [-0.05, 0) is 24.3 Å². The summed E-state index contributed by atoms with van der Waals surface area (Å²) in [5.74, 6) is 0.0303. The molecular formula is C14H7Cl2FN2. The van der Waals surface area contributed by atoms with E-state index in [-0.39, 0.29) is 11.0 Å². The van der Waals surface area contributed by atoms with E-state index in [1.54, 1.807) is 30.3 Å². The van der Waals surface area contributed by atoms with Crippen molar-refractivity contribution in [3.8, 4) is 11.4 Å². The summed E-state index contributed by atoms with van der Waals surface area (Å²) in [5.41, 5.74) is 1.20. The largest absolute Gasteiger partial charge is 0.228 e. The Hall–Kier alpha value is -1.71. The molecule has 0 radical (unpaired) electrons. The molecule has 1 heterocycles. The maximum Gasteiger partial charge on any atom is 0.161 e. The third kappa shape index (κ3) is 2.27. The van der Waals surface area contributed by atoms with Crippen molar-refractivity contribution >= 4 is 34.1 Å². The fourth-order valence-corrected chi connectivity index (χ4v) is 2.44. The Labute approximate surface area is 118 Å². The van der Waals surface area contributed by atoms with Crippen molar-refractivity contribution in [3.63, 3.8) is 0 Å². The van der Waals surface area contributed by atoms with E-state index in [9.17, 15) is 4.39 Å². The van der Waals surface area contributed by atoms with Gasteiger partial charge in [-0.25, -0.2) is 14.4 Å². The van der Waals surface area contributed by atoms with Crippen molar-refractivity contribution < 1.29 is 4.39 Å². The molecule has 0 bridgehead atoms. The maximum absolute atomic E-state index is 13.2. The first-order valence-corrected chi connectivity index (χ1v) is 6.28. The van der Waals surface area contributed by atoms with E-state index in [0.29, 0.717) is 27.3 Å². The highest BCUT2D eigenvalue weighted by Crippen LogP contribution is 2.30. The van der Waals surface area contributed by atoms with Crippen LogP contribution in [-0.2, 0) is 0 Å². The molecule has 2 nitrogen and oxygen atoms in total. The van der Waals surface area contributed by atoms with Gasteiger partial charge >= 0.3 is 0 Å². The molecular weight excluding hydrogens is 286 g/mol. The lowest BCUT2D eigenvalue weighted by molar-refractivity contribution is 0.628. The molecule has 0 saturated heterocycles. The van der Waals surface area contributed by atoms with Gasteiger partial charge in [-0.2, -0.15) is 0 Å². The predicted molar refractivity (Wildman–Crippen MR) is 75.0 cm³/mol. The van der Waals surface area contributed by atoms with Gasteiger partial charge < -0.3 is 0 Å². The Morgan fingerprint density at radius 1 is 0.947 bits per heavy atom. The molecule has 0 aliphatic carbocycles. The maximum atomic E-state index is 13.2. The fraction of sp³-hybridized carbons (Fsp3) is 0. The summed E-state index contributed by atoms with van der Waals surface area (Å²) in [4.78, 5) is 8.54. The standard InChI is InChI=1S/C14H7Cl2FN2/c15-10-5-2-6-11-12(10)13(16)19-14(18-11)8-3-1-4-9(17)7-8/h1-7H. The summed E-state index contributed by atoms with van der Waals surface area (Å²) >= 11 is 12.2. The second-order valence-corrected chi connectivity index (χ2v) is 4.75. The highest BCUT2D eigenvalue weighted by Gasteiger charge is 2.10. The van der Waals surface area contributed by atoms with E-state index < -0.39 is 0 Å². The molecule has 5 heteroatoms. The van der Waals surface area contributed by atoms with Gasteiger partial charge in [0.05, 0.1) is 15.9 Å². The molecule has 0 spiro atoms. The van der Waals surface area contributed by atoms with E-state index >= 15 is 0 Å². The zero-order valence-electron chi connectivity index (χ0n) is 9.57. The van der Waals surface area contributed by atoms with Gasteiger partial charge in [0, 0.05) is 5.56 Å². The van der Waals surface area contributed by atoms with Crippen LogP contribution < -0.4 is 0 Å². The summed E-state index contributed by atoms with van der Waals surface area (Å²) in [7, 11) is 0. The Morgan fingerprint density at radius 3 is 2.53 bits per heavy atom. The quantitative estimate of drug-likeness (QED) is 0.605. The molecule has 3 rings (SSSR count). The van der Waals surface area contributed by atoms with Gasteiger partial charge in [-0.15, -0.1) is 0 Å². The first-order chi connectivity index (χ1) is 9.15. The zero-order valence-corrected chi connectivity index (χ0v) is 11.1. The van der Waals surface area contributed by atoms with E-state index in [1.807, 2.05) is 0 Å². The second kappa shape index (κ2) is 4.76. The van der Waals surface area contributed by atoms with Gasteiger partial charge in [0.25, 0.3) is 0 Å². The minimum absolute atomic E-state index is 0.259. The van der Waals surface area contributed by atoms with Gasteiger partial charge in [-0.3, -0.25) is 0 Å². The Bertz CT molecular complexity index is 774. The van der Waals surface area contributed by atoms with E-state index in [2.05, 4.69) is 9.97 Å². The van der Waals surface area contributed by atoms with Crippen LogP contribution in [0.5, 0.6) is 0 Å². The normalized spacial score (nSPS) is 10.9. The van der Waals surface area contributed by atoms with Crippen LogP contribution in [-0.4, -0.2) is 9.97 Å². The van der Waals surface area contributed by atoms with Crippen LogP contribution in [0, 0.1) is 5.82 Å². The summed E-state index contributed by atoms with van der Waals surface area (Å²) in [6.45, 7) is 0. The zero-order chi connectivity index (χ0) is 13.4. The molecule has 1 aromatic heterocycles. The van der Waals surface area contributed by atoms with Crippen molar-refractivity contribution in [1.82, 2.24) is 9.97 Å². The van der Waals surface area contributed by atoms with E-state index in [0.717, 1.165) is 0 Å². The van der Waals surface area contributed by atoms with Crippen LogP contribution in [0.1, 0.15) is 0 Å². The lowest BCUT2D eigenvalue weighted by Crippen LogP contribution is -1.92. The number of hydrogen-bond acceptors (Lipinski definition) is 2. The first-order valence-electron chi connectivity index (χ1n) is 5.53. The molecule has 94 valence electrons. The minimum Gasteiger partial charge on any atom is -0.228 e. The number of aromatic nitrogens is 2. The Balaban J connectivity index is 2.27. The van der Waals surface area contributed by atoms with Crippen LogP contribution in [0.3, 0.4) is 0 Å². The van der Waals surface area contributed by atoms with Crippen molar-refractivity contribution in [2.24, 2.45) is 0 Å². The molecule has 19 heavy (non-hydrogen) atoms. The summed E-state index contributed by atoms with van der Waals surface area (Å²) < 4.78 is 13.2. The Morgan fingerprint density at radius 2 is 1.74 bits per heavy atom. The first kappa shape index (κ1) is 12.3. The average Bonchev–Trinajstić information content (AvgIpc) is 2.38. The van der Waals surface area contributed by atoms with Gasteiger partial charge in [0.15, 0.2) is 5.82 Å². The van der Waals surface area contributed by atoms with Crippen LogP contribution in [0.4, 0.5) is 4.39 Å². The summed E-state index contributed by atoms with van der Waals surface area (Å²) in [6.07, 6.45) is 0. The third-order valence-corrected chi connectivity index (χ3v) is 3.30. The fourth-order valence-electron chi connectivity index (χ4n) is 1.85. The molecule has 2 aromatic carbocycles. The van der Waals surface area contributed by atoms with E-state index in [1.165, 1.54) is 12.1 Å². The van der Waals surface area contributed by atoms with Crippen molar-refractivity contribution in [2.45, 2.75) is 0 Å². The minimum atomic E-state index is -0.344. The molecule has 3 aromatic rings. The monoisotopic (exact) mass is 292 g/mol. The molecule has 0 aliphatic heterocycles. The number of nitrogens with zero attached hydrogens (tertiary/aromatic N) is 2. The Kier molecular flexibility index (Phi) is 3.09. The number of hydrogen-bond donors (Lipinski definition) is 0. The average molecular weight is 293 g/mol. The molecule has 0 unspecified atom stereocenters. The highest BCUT2D eigenvalue weighted by atomic mass is 35.5. The second-order valence-electron chi connectivity index (χ2n) is 3.98. The van der Waals surface area contributed by atoms with Crippen LogP contribution in [0.2, 0.25) is 10.2 Å². The van der Waals surface area contributed by atoms with Gasteiger partial charge in [0.2, 0.25) is 0 Å². The van der Waals surface area contributed by atoms with E-state index in [4.69, 9.17) is 23.2 Å². The van der Waals surface area contributed by atoms with Crippen molar-refractivity contribution in [3.05, 3.63) is 58.5 Å². The van der Waals surface area contributed by atoms with Gasteiger partial charge in [0.1, 0.15) is 11.0 Å². The van der Waals surface area contributed by atoms with Crippen LogP contribution >= 0.6 is 23.2 Å². The van der Waals surface area contributed by atoms with Crippen LogP contribution in [0.25, 0.3) is 22.3 Å². The van der Waals surface area contributed by atoms with Gasteiger partial charge in [-0.1, -0.05) is 41.4 Å². The topological polar surface area (TPSA) is 25.8 Å². The molecule has 0 fully saturated rings. The smallest absolute Gasteiger partial charge is 0.161 e. The third-order valence-electron chi connectivity index (χ3n) is 2.71. The lowest BCUT2D eigenvalue weighted by atomic mass is 10.2. The van der Waals surface area contributed by atoms with Crippen molar-refractivity contribution in [2.75, 3.05) is 0 Å². The van der Waals surface area contributed by atoms with Crippen molar-refractivity contribution in [1.29, 1.82) is 0 Å². The molecule has 0 N–H and O–H groups in total. The molecule has 0 amide bonds. The number of benzene rings is 2. The number of rotatable bonds is 1. The molecule has 0 aliphatic rings. The predicted octanol–water partition coefficient (Wildman–Crippen LogP) is 4.74. The number of halogens is 3. The summed E-state index contributed by atoms with van der Waals surface area (Å²) in [6, 6.07) is 11.3. The molecule has 0 atom stereocenters. The highest BCUT2D eigenvalue weighted by molar-refractivity contribution is 6.41. The number of fused-ring (bicyclic) bond motifs is 1.